The molecule has 3 N–H and O–H groups in total. The summed E-state index contributed by atoms with van der Waals surface area (Å²) in [5.74, 6) is -0.230. The number of carbonyl (C=O) groups excluding carboxylic acids is 1. The largest absolute Gasteiger partial charge is 0.416 e. The Hall–Kier alpha value is -2.39. The van der Waals surface area contributed by atoms with Gasteiger partial charge in [0.2, 0.25) is 5.91 Å². The Morgan fingerprint density at radius 2 is 2.08 bits per heavy atom. The standard InChI is InChI=1S/C17H19F3N4O2/c18-17(19,20)12-2-1-3-14(8-12)24-10-13(9-22-24)23-15(25)16(11-21)4-6-26-7-5-16/h1-3,8-10H,4-7,11,21H2,(H,23,25). The zero-order valence-corrected chi connectivity index (χ0v) is 13.9. The van der Waals surface area contributed by atoms with Crippen molar-refractivity contribution in [2.45, 2.75) is 19.0 Å². The van der Waals surface area contributed by atoms with Crippen LogP contribution in [0.1, 0.15) is 18.4 Å². The molecule has 1 aromatic carbocycles. The molecule has 0 atom stereocenters. The second-order valence-corrected chi connectivity index (χ2v) is 6.27. The third kappa shape index (κ3) is 3.73. The molecule has 2 aromatic rings. The SMILES string of the molecule is NCC1(C(=O)Nc2cnn(-c3cccc(C(F)(F)F)c3)c2)CCOCC1. The molecular formula is C17H19F3N4O2. The monoisotopic (exact) mass is 368 g/mol. The van der Waals surface area contributed by atoms with Crippen LogP contribution in [0.2, 0.25) is 0 Å². The number of nitrogens with one attached hydrogen (secondary N) is 1. The molecule has 140 valence electrons. The van der Waals surface area contributed by atoms with Gasteiger partial charge in [0.05, 0.1) is 34.7 Å². The Kier molecular flexibility index (Phi) is 5.01. The third-order valence-corrected chi connectivity index (χ3v) is 4.60. The molecule has 1 aliphatic rings. The number of carbonyl (C=O) groups is 1. The van der Waals surface area contributed by atoms with Gasteiger partial charge in [-0.05, 0) is 31.0 Å². The molecule has 0 saturated carbocycles. The van der Waals surface area contributed by atoms with E-state index in [1.807, 2.05) is 0 Å². The van der Waals surface area contributed by atoms with Crippen molar-refractivity contribution in [2.75, 3.05) is 25.1 Å². The molecule has 1 fully saturated rings. The van der Waals surface area contributed by atoms with Crippen LogP contribution in [-0.4, -0.2) is 35.4 Å². The number of hydrogen-bond donors (Lipinski definition) is 2. The summed E-state index contributed by atoms with van der Waals surface area (Å²) in [6, 6.07) is 4.81. The maximum Gasteiger partial charge on any atom is 0.416 e. The topological polar surface area (TPSA) is 82.2 Å². The lowest BCUT2D eigenvalue weighted by Gasteiger charge is -2.34. The zero-order chi connectivity index (χ0) is 18.8. The highest BCUT2D eigenvalue weighted by Gasteiger charge is 2.39. The fraction of sp³-hybridized carbons (Fsp3) is 0.412. The molecule has 2 heterocycles. The van der Waals surface area contributed by atoms with Crippen molar-refractivity contribution in [3.8, 4) is 5.69 Å². The Morgan fingerprint density at radius 1 is 1.35 bits per heavy atom. The van der Waals surface area contributed by atoms with Crippen molar-refractivity contribution in [2.24, 2.45) is 11.1 Å². The maximum atomic E-state index is 12.8. The van der Waals surface area contributed by atoms with Crippen molar-refractivity contribution >= 4 is 11.6 Å². The summed E-state index contributed by atoms with van der Waals surface area (Å²) >= 11 is 0. The highest BCUT2D eigenvalue weighted by atomic mass is 19.4. The Balaban J connectivity index is 1.77. The van der Waals surface area contributed by atoms with Crippen LogP contribution in [0.15, 0.2) is 36.7 Å². The highest BCUT2D eigenvalue weighted by Crippen LogP contribution is 2.32. The molecule has 26 heavy (non-hydrogen) atoms. The molecule has 1 amide bonds. The Bertz CT molecular complexity index is 782. The van der Waals surface area contributed by atoms with Gasteiger partial charge in [0.1, 0.15) is 0 Å². The van der Waals surface area contributed by atoms with Crippen LogP contribution in [0, 0.1) is 5.41 Å². The molecule has 1 saturated heterocycles. The summed E-state index contributed by atoms with van der Waals surface area (Å²) in [6.45, 7) is 1.13. The summed E-state index contributed by atoms with van der Waals surface area (Å²) in [7, 11) is 0. The first-order valence-electron chi connectivity index (χ1n) is 8.16. The number of halogens is 3. The summed E-state index contributed by atoms with van der Waals surface area (Å²) in [6.07, 6.45) is -0.524. The minimum Gasteiger partial charge on any atom is -0.381 e. The predicted octanol–water partition coefficient (Wildman–Crippen LogP) is 2.59. The van der Waals surface area contributed by atoms with Gasteiger partial charge < -0.3 is 15.8 Å². The van der Waals surface area contributed by atoms with Gasteiger partial charge in [-0.25, -0.2) is 4.68 Å². The molecule has 0 spiro atoms. The normalized spacial score (nSPS) is 17.1. The molecule has 0 aliphatic carbocycles. The van der Waals surface area contributed by atoms with Crippen LogP contribution in [0.25, 0.3) is 5.69 Å². The minimum atomic E-state index is -4.43. The Labute approximate surface area is 148 Å². The van der Waals surface area contributed by atoms with Gasteiger partial charge >= 0.3 is 6.18 Å². The molecule has 1 aliphatic heterocycles. The smallest absolute Gasteiger partial charge is 0.381 e. The maximum absolute atomic E-state index is 12.8. The average molecular weight is 368 g/mol. The number of nitrogens with two attached hydrogens (primary N) is 1. The number of anilines is 1. The zero-order valence-electron chi connectivity index (χ0n) is 13.9. The van der Waals surface area contributed by atoms with E-state index in [9.17, 15) is 18.0 Å². The van der Waals surface area contributed by atoms with Gasteiger partial charge in [-0.15, -0.1) is 0 Å². The van der Waals surface area contributed by atoms with Gasteiger partial charge in [0.15, 0.2) is 0 Å². The lowest BCUT2D eigenvalue weighted by Crippen LogP contribution is -2.46. The summed E-state index contributed by atoms with van der Waals surface area (Å²) in [5, 5.41) is 6.79. The molecule has 9 heteroatoms. The first kappa shape index (κ1) is 18.4. The van der Waals surface area contributed by atoms with Crippen LogP contribution in [0.5, 0.6) is 0 Å². The molecule has 6 nitrogen and oxygen atoms in total. The van der Waals surface area contributed by atoms with E-state index in [-0.39, 0.29) is 18.1 Å². The number of alkyl halides is 3. The minimum absolute atomic E-state index is 0.198. The molecule has 3 rings (SSSR count). The number of aromatic nitrogens is 2. The summed E-state index contributed by atoms with van der Waals surface area (Å²) in [5.41, 5.74) is 4.99. The van der Waals surface area contributed by atoms with Crippen LogP contribution >= 0.6 is 0 Å². The van der Waals surface area contributed by atoms with Crippen LogP contribution < -0.4 is 11.1 Å². The van der Waals surface area contributed by atoms with Gasteiger partial charge in [-0.1, -0.05) is 6.07 Å². The molecule has 0 unspecified atom stereocenters. The molecular weight excluding hydrogens is 349 g/mol. The van der Waals surface area contributed by atoms with E-state index in [1.54, 1.807) is 0 Å². The lowest BCUT2D eigenvalue weighted by molar-refractivity contribution is -0.137. The van der Waals surface area contributed by atoms with E-state index in [4.69, 9.17) is 10.5 Å². The van der Waals surface area contributed by atoms with E-state index in [2.05, 4.69) is 10.4 Å². The van der Waals surface area contributed by atoms with Gasteiger partial charge in [0.25, 0.3) is 0 Å². The predicted molar refractivity (Wildman–Crippen MR) is 88.7 cm³/mol. The quantitative estimate of drug-likeness (QED) is 0.869. The van der Waals surface area contributed by atoms with Gasteiger partial charge in [0, 0.05) is 19.8 Å². The molecule has 0 bridgehead atoms. The van der Waals surface area contributed by atoms with Crippen molar-refractivity contribution in [3.63, 3.8) is 0 Å². The fourth-order valence-corrected chi connectivity index (χ4v) is 2.90. The number of benzene rings is 1. The second-order valence-electron chi connectivity index (χ2n) is 6.27. The van der Waals surface area contributed by atoms with Crippen molar-refractivity contribution < 1.29 is 22.7 Å². The van der Waals surface area contributed by atoms with Gasteiger partial charge in [-0.2, -0.15) is 18.3 Å². The summed E-state index contributed by atoms with van der Waals surface area (Å²) in [4.78, 5) is 12.6. The third-order valence-electron chi connectivity index (χ3n) is 4.60. The van der Waals surface area contributed by atoms with E-state index in [1.165, 1.54) is 29.2 Å². The van der Waals surface area contributed by atoms with Crippen LogP contribution in [0.4, 0.5) is 18.9 Å². The Morgan fingerprint density at radius 3 is 2.73 bits per heavy atom. The van der Waals surface area contributed by atoms with Gasteiger partial charge in [-0.3, -0.25) is 4.79 Å². The number of hydrogen-bond acceptors (Lipinski definition) is 4. The first-order valence-corrected chi connectivity index (χ1v) is 8.16. The van der Waals surface area contributed by atoms with Crippen LogP contribution in [-0.2, 0) is 15.7 Å². The lowest BCUT2D eigenvalue weighted by atomic mass is 9.79. The number of amides is 1. The number of nitrogens with zero attached hydrogens (tertiary/aromatic N) is 2. The number of rotatable bonds is 4. The van der Waals surface area contributed by atoms with E-state index in [0.29, 0.717) is 31.7 Å². The van der Waals surface area contributed by atoms with Crippen molar-refractivity contribution in [1.82, 2.24) is 9.78 Å². The van der Waals surface area contributed by atoms with Crippen LogP contribution in [0.3, 0.4) is 0 Å². The molecule has 1 aromatic heterocycles. The second kappa shape index (κ2) is 7.08. The fourth-order valence-electron chi connectivity index (χ4n) is 2.90. The molecule has 0 radical (unpaired) electrons. The highest BCUT2D eigenvalue weighted by molar-refractivity contribution is 5.95. The average Bonchev–Trinajstić information content (AvgIpc) is 3.10. The van der Waals surface area contributed by atoms with Crippen molar-refractivity contribution in [1.29, 1.82) is 0 Å². The van der Waals surface area contributed by atoms with E-state index in [0.717, 1.165) is 12.1 Å². The summed E-state index contributed by atoms with van der Waals surface area (Å²) < 4.78 is 45.1. The number of ether oxygens (including phenoxy) is 1. The first-order chi connectivity index (χ1) is 12.3. The van der Waals surface area contributed by atoms with E-state index < -0.39 is 17.2 Å². The van der Waals surface area contributed by atoms with Crippen molar-refractivity contribution in [3.05, 3.63) is 42.2 Å². The van der Waals surface area contributed by atoms with E-state index >= 15 is 0 Å².